The van der Waals surface area contributed by atoms with Crippen molar-refractivity contribution in [3.8, 4) is 0 Å². The summed E-state index contributed by atoms with van der Waals surface area (Å²) in [5, 5.41) is 3.08. The summed E-state index contributed by atoms with van der Waals surface area (Å²) in [5.41, 5.74) is 0.00769. The van der Waals surface area contributed by atoms with Gasteiger partial charge < -0.3 is 14.8 Å². The maximum atomic E-state index is 12.2. The molecule has 0 aromatic carbocycles. The van der Waals surface area contributed by atoms with Crippen LogP contribution in [0.5, 0.6) is 0 Å². The second-order valence-electron chi connectivity index (χ2n) is 6.29. The number of carbonyl (C=O) groups excluding carboxylic acids is 1. The molecule has 3 fully saturated rings. The van der Waals surface area contributed by atoms with E-state index in [1.807, 2.05) is 0 Å². The van der Waals surface area contributed by atoms with Crippen molar-refractivity contribution in [1.29, 1.82) is 0 Å². The first kappa shape index (κ1) is 13.4. The van der Waals surface area contributed by atoms with Crippen molar-refractivity contribution in [3.63, 3.8) is 0 Å². The van der Waals surface area contributed by atoms with Gasteiger partial charge in [0.05, 0.1) is 5.60 Å². The minimum atomic E-state index is 0.00769. The monoisotopic (exact) mass is 267 g/mol. The van der Waals surface area contributed by atoms with E-state index in [1.54, 1.807) is 0 Å². The van der Waals surface area contributed by atoms with Crippen molar-refractivity contribution in [2.24, 2.45) is 11.8 Å². The molecule has 4 heteroatoms. The first-order valence-electron chi connectivity index (χ1n) is 7.79. The molecule has 19 heavy (non-hydrogen) atoms. The van der Waals surface area contributed by atoms with E-state index in [2.05, 4.69) is 5.32 Å². The molecule has 3 aliphatic heterocycles. The maximum absolute atomic E-state index is 12.2. The average Bonchev–Trinajstić information content (AvgIpc) is 2.64. The summed E-state index contributed by atoms with van der Waals surface area (Å²) in [6.45, 7) is 3.29. The lowest BCUT2D eigenvalue weighted by Gasteiger charge is -2.45. The normalized spacial score (nSPS) is 35.7. The zero-order valence-electron chi connectivity index (χ0n) is 11.7. The van der Waals surface area contributed by atoms with Gasteiger partial charge in [0.25, 0.3) is 0 Å². The number of hydrogen-bond donors (Lipinski definition) is 1. The Kier molecular flexibility index (Phi) is 4.08. The van der Waals surface area contributed by atoms with Crippen LogP contribution in [0.3, 0.4) is 0 Å². The molecular weight excluding hydrogens is 242 g/mol. The molecule has 0 aromatic rings. The van der Waals surface area contributed by atoms with E-state index in [4.69, 9.17) is 9.47 Å². The highest BCUT2D eigenvalue weighted by Crippen LogP contribution is 2.41. The fraction of sp³-hybridized carbons (Fsp3) is 0.933. The number of carbonyl (C=O) groups is 1. The summed E-state index contributed by atoms with van der Waals surface area (Å²) in [7, 11) is 0. The third-order valence-electron chi connectivity index (χ3n) is 5.08. The summed E-state index contributed by atoms with van der Waals surface area (Å²) in [4.78, 5) is 12.2. The summed E-state index contributed by atoms with van der Waals surface area (Å²) >= 11 is 0. The summed E-state index contributed by atoms with van der Waals surface area (Å²) in [6.07, 6.45) is 7.45. The third kappa shape index (κ3) is 2.95. The van der Waals surface area contributed by atoms with Crippen LogP contribution in [0.15, 0.2) is 0 Å². The molecule has 0 aromatic heterocycles. The van der Waals surface area contributed by atoms with Gasteiger partial charge >= 0.3 is 0 Å². The Balaban J connectivity index is 1.68. The molecule has 1 spiro atoms. The van der Waals surface area contributed by atoms with E-state index in [9.17, 15) is 4.79 Å². The van der Waals surface area contributed by atoms with Crippen LogP contribution in [0, 0.1) is 11.8 Å². The highest BCUT2D eigenvalue weighted by atomic mass is 16.5. The maximum Gasteiger partial charge on any atom is 0.223 e. The van der Waals surface area contributed by atoms with Gasteiger partial charge in [-0.1, -0.05) is 6.42 Å². The Morgan fingerprint density at radius 3 is 2.79 bits per heavy atom. The predicted molar refractivity (Wildman–Crippen MR) is 71.8 cm³/mol. The van der Waals surface area contributed by atoms with E-state index in [0.717, 1.165) is 64.9 Å². The van der Waals surface area contributed by atoms with Crippen LogP contribution in [0.2, 0.25) is 0 Å². The molecule has 0 radical (unpaired) electrons. The minimum absolute atomic E-state index is 0.00769. The van der Waals surface area contributed by atoms with Crippen molar-refractivity contribution in [2.45, 2.75) is 50.5 Å². The van der Waals surface area contributed by atoms with Gasteiger partial charge in [0.1, 0.15) is 0 Å². The van der Waals surface area contributed by atoms with Crippen molar-refractivity contribution in [3.05, 3.63) is 0 Å². The Morgan fingerprint density at radius 1 is 1.11 bits per heavy atom. The van der Waals surface area contributed by atoms with Gasteiger partial charge in [-0.2, -0.15) is 0 Å². The molecular formula is C15H25NO3. The fourth-order valence-electron chi connectivity index (χ4n) is 3.91. The Bertz CT molecular complexity index is 320. The zero-order chi connectivity index (χ0) is 13.1. The van der Waals surface area contributed by atoms with E-state index in [-0.39, 0.29) is 17.4 Å². The second-order valence-corrected chi connectivity index (χ2v) is 6.29. The molecule has 4 nitrogen and oxygen atoms in total. The van der Waals surface area contributed by atoms with Crippen LogP contribution < -0.4 is 5.32 Å². The molecule has 0 aliphatic carbocycles. The second kappa shape index (κ2) is 5.80. The smallest absolute Gasteiger partial charge is 0.223 e. The highest BCUT2D eigenvalue weighted by molar-refractivity contribution is 5.79. The van der Waals surface area contributed by atoms with Crippen molar-refractivity contribution in [1.82, 2.24) is 5.32 Å². The third-order valence-corrected chi connectivity index (χ3v) is 5.08. The number of ether oxygens (including phenoxy) is 2. The lowest BCUT2D eigenvalue weighted by molar-refractivity contribution is -0.157. The standard InChI is InChI=1S/C15H25NO3/c17-14-13(3-1-2-7-16-14)12-4-8-19-15(11-12)5-9-18-10-6-15/h12-13H,1-11H2,(H,16,17). The first-order valence-corrected chi connectivity index (χ1v) is 7.79. The Morgan fingerprint density at radius 2 is 1.95 bits per heavy atom. The quantitative estimate of drug-likeness (QED) is 0.789. The topological polar surface area (TPSA) is 47.6 Å². The van der Waals surface area contributed by atoms with E-state index < -0.39 is 0 Å². The molecule has 0 bridgehead atoms. The van der Waals surface area contributed by atoms with E-state index >= 15 is 0 Å². The molecule has 3 aliphatic rings. The predicted octanol–water partition coefficient (Wildman–Crippen LogP) is 1.88. The molecule has 3 heterocycles. The minimum Gasteiger partial charge on any atom is -0.381 e. The molecule has 2 atom stereocenters. The lowest BCUT2D eigenvalue weighted by Crippen LogP contribution is -2.47. The van der Waals surface area contributed by atoms with Crippen LogP contribution in [-0.2, 0) is 14.3 Å². The van der Waals surface area contributed by atoms with Gasteiger partial charge in [0.2, 0.25) is 5.91 Å². The highest BCUT2D eigenvalue weighted by Gasteiger charge is 2.42. The van der Waals surface area contributed by atoms with Crippen molar-refractivity contribution < 1.29 is 14.3 Å². The first-order chi connectivity index (χ1) is 9.29. The van der Waals surface area contributed by atoms with E-state index in [0.29, 0.717) is 5.92 Å². The molecule has 1 amide bonds. The molecule has 2 unspecified atom stereocenters. The number of nitrogens with one attached hydrogen (secondary N) is 1. The van der Waals surface area contributed by atoms with Gasteiger partial charge in [-0.15, -0.1) is 0 Å². The SMILES string of the molecule is O=C1NCCCCC1C1CCOC2(CCOCC2)C1. The molecule has 3 saturated heterocycles. The van der Waals surface area contributed by atoms with E-state index in [1.165, 1.54) is 6.42 Å². The molecule has 1 N–H and O–H groups in total. The van der Waals surface area contributed by atoms with Crippen LogP contribution in [0.1, 0.15) is 44.9 Å². The summed E-state index contributed by atoms with van der Waals surface area (Å²) in [5.74, 6) is 1.00. The Hall–Kier alpha value is -0.610. The summed E-state index contributed by atoms with van der Waals surface area (Å²) < 4.78 is 11.5. The van der Waals surface area contributed by atoms with Crippen LogP contribution in [-0.4, -0.2) is 37.9 Å². The summed E-state index contributed by atoms with van der Waals surface area (Å²) in [6, 6.07) is 0. The number of amides is 1. The Labute approximate surface area is 115 Å². The van der Waals surface area contributed by atoms with Crippen LogP contribution in [0.4, 0.5) is 0 Å². The van der Waals surface area contributed by atoms with Gasteiger partial charge in [-0.05, 0) is 44.4 Å². The van der Waals surface area contributed by atoms with Gasteiger partial charge in [-0.25, -0.2) is 0 Å². The molecule has 108 valence electrons. The van der Waals surface area contributed by atoms with Gasteiger partial charge in [-0.3, -0.25) is 4.79 Å². The molecule has 3 rings (SSSR count). The van der Waals surface area contributed by atoms with Gasteiger partial charge in [0.15, 0.2) is 0 Å². The van der Waals surface area contributed by atoms with Crippen LogP contribution >= 0.6 is 0 Å². The number of hydrogen-bond acceptors (Lipinski definition) is 3. The zero-order valence-corrected chi connectivity index (χ0v) is 11.7. The van der Waals surface area contributed by atoms with Crippen LogP contribution in [0.25, 0.3) is 0 Å². The average molecular weight is 267 g/mol. The van der Waals surface area contributed by atoms with Crippen molar-refractivity contribution in [2.75, 3.05) is 26.4 Å². The van der Waals surface area contributed by atoms with Gasteiger partial charge in [0, 0.05) is 32.3 Å². The lowest BCUT2D eigenvalue weighted by atomic mass is 9.74. The van der Waals surface area contributed by atoms with Crippen molar-refractivity contribution >= 4 is 5.91 Å². The molecule has 0 saturated carbocycles. The fourth-order valence-corrected chi connectivity index (χ4v) is 3.91. The number of rotatable bonds is 1. The largest absolute Gasteiger partial charge is 0.381 e.